The summed E-state index contributed by atoms with van der Waals surface area (Å²) in [5, 5.41) is 23.5. The van der Waals surface area contributed by atoms with Crippen molar-refractivity contribution in [2.24, 2.45) is 0 Å². The number of hydrogen-bond donors (Lipinski definition) is 1. The molecular weight excluding hydrogens is 280 g/mol. The van der Waals surface area contributed by atoms with Crippen LogP contribution in [0.4, 0.5) is 0 Å². The zero-order chi connectivity index (χ0) is 13.1. The number of thioether (sulfide) groups is 1. The van der Waals surface area contributed by atoms with Gasteiger partial charge in [-0.3, -0.25) is 0 Å². The van der Waals surface area contributed by atoms with Crippen LogP contribution in [-0.2, 0) is 5.75 Å². The molecule has 1 aliphatic carbocycles. The normalized spacial score (nSPS) is 14.2. The predicted molar refractivity (Wildman–Crippen MR) is 73.9 cm³/mol. The molecule has 3 rings (SSSR count). The first kappa shape index (κ1) is 12.7. The summed E-state index contributed by atoms with van der Waals surface area (Å²) in [6.07, 6.45) is 2.34. The largest absolute Gasteiger partial charge is 0.384 e. The third-order valence-electron chi connectivity index (χ3n) is 2.74. The van der Waals surface area contributed by atoms with Crippen LogP contribution in [0.5, 0.6) is 0 Å². The van der Waals surface area contributed by atoms with E-state index < -0.39 is 0 Å². The third-order valence-corrected chi connectivity index (χ3v) is 4.80. The lowest BCUT2D eigenvalue weighted by molar-refractivity contribution is 0.350. The van der Waals surface area contributed by atoms with Gasteiger partial charge < -0.3 is 5.11 Å². The molecule has 98 valence electrons. The Bertz CT molecular complexity index is 621. The van der Waals surface area contributed by atoms with Crippen molar-refractivity contribution in [1.29, 1.82) is 0 Å². The predicted octanol–water partition coefficient (Wildman–Crippen LogP) is 1.71. The minimum absolute atomic E-state index is 0.109. The maximum Gasteiger partial charge on any atom is 0.209 e. The highest BCUT2D eigenvalue weighted by Crippen LogP contribution is 2.37. The van der Waals surface area contributed by atoms with Crippen LogP contribution in [0, 0.1) is 11.8 Å². The van der Waals surface area contributed by atoms with Crippen molar-refractivity contribution in [1.82, 2.24) is 20.2 Å². The first-order chi connectivity index (χ1) is 9.38. The van der Waals surface area contributed by atoms with Gasteiger partial charge in [0.1, 0.15) is 6.61 Å². The van der Waals surface area contributed by atoms with E-state index in [2.05, 4.69) is 27.4 Å². The molecular formula is C12H12N4OS2. The molecule has 7 heteroatoms. The first-order valence-corrected chi connectivity index (χ1v) is 7.82. The minimum Gasteiger partial charge on any atom is -0.384 e. The Kier molecular flexibility index (Phi) is 3.82. The monoisotopic (exact) mass is 292 g/mol. The number of hydrogen-bond acceptors (Lipinski definition) is 6. The molecule has 0 bridgehead atoms. The molecule has 0 saturated heterocycles. The van der Waals surface area contributed by atoms with Gasteiger partial charge in [0.25, 0.3) is 0 Å². The molecule has 2 aromatic heterocycles. The second-order valence-electron chi connectivity index (χ2n) is 4.14. The Morgan fingerprint density at radius 3 is 3.21 bits per heavy atom. The Hall–Kier alpha value is -1.36. The molecule has 0 amide bonds. The zero-order valence-electron chi connectivity index (χ0n) is 10.1. The number of aliphatic hydroxyl groups is 1. The van der Waals surface area contributed by atoms with E-state index in [0.29, 0.717) is 6.04 Å². The van der Waals surface area contributed by atoms with Gasteiger partial charge in [0.2, 0.25) is 5.16 Å². The van der Waals surface area contributed by atoms with Crippen molar-refractivity contribution in [2.45, 2.75) is 29.8 Å². The second kappa shape index (κ2) is 5.74. The van der Waals surface area contributed by atoms with E-state index in [9.17, 15) is 0 Å². The summed E-state index contributed by atoms with van der Waals surface area (Å²) in [4.78, 5) is 1.19. The molecule has 2 aromatic rings. The van der Waals surface area contributed by atoms with Crippen molar-refractivity contribution < 1.29 is 5.11 Å². The fraction of sp³-hybridized carbons (Fsp3) is 0.417. The fourth-order valence-corrected chi connectivity index (χ4v) is 3.55. The Balaban J connectivity index is 1.68. The lowest BCUT2D eigenvalue weighted by atomic mass is 10.3. The van der Waals surface area contributed by atoms with Crippen molar-refractivity contribution in [2.75, 3.05) is 6.61 Å². The molecule has 1 aliphatic rings. The van der Waals surface area contributed by atoms with E-state index in [1.807, 2.05) is 16.1 Å². The lowest BCUT2D eigenvalue weighted by Crippen LogP contribution is -1.98. The van der Waals surface area contributed by atoms with Crippen molar-refractivity contribution in [3.05, 3.63) is 21.9 Å². The van der Waals surface area contributed by atoms with Crippen LogP contribution in [-0.4, -0.2) is 31.9 Å². The summed E-state index contributed by atoms with van der Waals surface area (Å²) in [5.41, 5.74) is 0.983. The van der Waals surface area contributed by atoms with Crippen LogP contribution in [0.1, 0.15) is 29.3 Å². The topological polar surface area (TPSA) is 63.8 Å². The average Bonchev–Trinajstić information content (AvgIpc) is 3.00. The smallest absolute Gasteiger partial charge is 0.209 e. The average molecular weight is 292 g/mol. The van der Waals surface area contributed by atoms with Gasteiger partial charge in [-0.2, -0.15) is 0 Å². The van der Waals surface area contributed by atoms with E-state index in [0.717, 1.165) is 16.5 Å². The third kappa shape index (κ3) is 2.97. The summed E-state index contributed by atoms with van der Waals surface area (Å²) in [6.45, 7) is -0.109. The molecule has 2 heterocycles. The van der Waals surface area contributed by atoms with Gasteiger partial charge in [-0.1, -0.05) is 23.6 Å². The minimum atomic E-state index is -0.109. The molecule has 0 atom stereocenters. The van der Waals surface area contributed by atoms with Crippen LogP contribution in [0.3, 0.4) is 0 Å². The van der Waals surface area contributed by atoms with Crippen LogP contribution < -0.4 is 0 Å². The number of nitrogens with zero attached hydrogens (tertiary/aromatic N) is 4. The molecule has 0 spiro atoms. The van der Waals surface area contributed by atoms with E-state index in [1.54, 1.807) is 23.1 Å². The molecule has 1 fully saturated rings. The molecule has 5 nitrogen and oxygen atoms in total. The highest BCUT2D eigenvalue weighted by Gasteiger charge is 2.27. The van der Waals surface area contributed by atoms with Gasteiger partial charge >= 0.3 is 0 Å². The summed E-state index contributed by atoms with van der Waals surface area (Å²) < 4.78 is 1.91. The summed E-state index contributed by atoms with van der Waals surface area (Å²) >= 11 is 3.30. The van der Waals surface area contributed by atoms with Crippen LogP contribution in [0.2, 0.25) is 0 Å². The molecule has 1 saturated carbocycles. The van der Waals surface area contributed by atoms with Gasteiger partial charge in [-0.15, -0.1) is 16.4 Å². The summed E-state index contributed by atoms with van der Waals surface area (Å²) in [6, 6.07) is 2.47. The maximum atomic E-state index is 8.74. The summed E-state index contributed by atoms with van der Waals surface area (Å²) in [7, 11) is 0. The lowest BCUT2D eigenvalue weighted by Gasteiger charge is -2.01. The van der Waals surface area contributed by atoms with Gasteiger partial charge in [0.05, 0.1) is 6.04 Å². The van der Waals surface area contributed by atoms with E-state index >= 15 is 0 Å². The van der Waals surface area contributed by atoms with Crippen molar-refractivity contribution in [3.8, 4) is 11.8 Å². The number of aliphatic hydroxyl groups excluding tert-OH is 1. The van der Waals surface area contributed by atoms with Crippen LogP contribution in [0.25, 0.3) is 0 Å². The number of tetrazole rings is 1. The Morgan fingerprint density at radius 1 is 1.53 bits per heavy atom. The van der Waals surface area contributed by atoms with Crippen LogP contribution >= 0.6 is 23.1 Å². The molecule has 0 aromatic carbocycles. The van der Waals surface area contributed by atoms with Crippen LogP contribution in [0.15, 0.2) is 16.6 Å². The maximum absolute atomic E-state index is 8.74. The Morgan fingerprint density at radius 2 is 2.42 bits per heavy atom. The fourth-order valence-electron chi connectivity index (χ4n) is 1.66. The Labute approximate surface area is 119 Å². The molecule has 19 heavy (non-hydrogen) atoms. The van der Waals surface area contributed by atoms with Gasteiger partial charge in [-0.25, -0.2) is 4.68 Å². The molecule has 0 radical (unpaired) electrons. The standard InChI is InChI=1S/C12H12N4OS2/c17-6-1-2-9-5-7-18-11(9)8-19-12-13-14-15-16(12)10-3-4-10/h5,7,10,17H,3-4,6,8H2. The quantitative estimate of drug-likeness (QED) is 0.686. The van der Waals surface area contributed by atoms with Crippen molar-refractivity contribution in [3.63, 3.8) is 0 Å². The van der Waals surface area contributed by atoms with Gasteiger partial charge in [-0.05, 0) is 34.7 Å². The molecule has 1 N–H and O–H groups in total. The summed E-state index contributed by atoms with van der Waals surface area (Å²) in [5.74, 6) is 6.45. The van der Waals surface area contributed by atoms with Crippen molar-refractivity contribution >= 4 is 23.1 Å². The zero-order valence-corrected chi connectivity index (χ0v) is 11.7. The molecule has 0 aliphatic heterocycles. The van der Waals surface area contributed by atoms with E-state index in [4.69, 9.17) is 5.11 Å². The second-order valence-corrected chi connectivity index (χ2v) is 6.09. The highest BCUT2D eigenvalue weighted by atomic mass is 32.2. The number of thiophene rings is 1. The van der Waals surface area contributed by atoms with E-state index in [1.165, 1.54) is 17.7 Å². The SMILES string of the molecule is OCC#Cc1ccsc1CSc1nnnn1C1CC1. The number of rotatable bonds is 4. The highest BCUT2D eigenvalue weighted by molar-refractivity contribution is 7.98. The van der Waals surface area contributed by atoms with Gasteiger partial charge in [0, 0.05) is 16.2 Å². The first-order valence-electron chi connectivity index (χ1n) is 5.95. The van der Waals surface area contributed by atoms with E-state index in [-0.39, 0.29) is 6.61 Å². The van der Waals surface area contributed by atoms with Gasteiger partial charge in [0.15, 0.2) is 0 Å². The number of aromatic nitrogens is 4. The molecule has 0 unspecified atom stereocenters.